The molecule has 20 heavy (non-hydrogen) atoms. The van der Waals surface area contributed by atoms with Crippen LogP contribution in [0.25, 0.3) is 0 Å². The number of aromatic hydroxyl groups is 1. The zero-order chi connectivity index (χ0) is 14.7. The summed E-state index contributed by atoms with van der Waals surface area (Å²) in [7, 11) is 1.75. The molecule has 0 bridgehead atoms. The number of nitrogens with zero attached hydrogens (tertiary/aromatic N) is 1. The maximum absolute atomic E-state index is 12.4. The summed E-state index contributed by atoms with van der Waals surface area (Å²) in [5.74, 6) is 0.163. The summed E-state index contributed by atoms with van der Waals surface area (Å²) in [5.41, 5.74) is 1.58. The minimum atomic E-state index is -0.0579. The van der Waals surface area contributed by atoms with Gasteiger partial charge in [-0.15, -0.1) is 0 Å². The van der Waals surface area contributed by atoms with Crippen molar-refractivity contribution in [2.45, 2.75) is 6.54 Å². The van der Waals surface area contributed by atoms with Crippen molar-refractivity contribution in [1.82, 2.24) is 4.90 Å². The van der Waals surface area contributed by atoms with E-state index in [-0.39, 0.29) is 11.7 Å². The van der Waals surface area contributed by atoms with Crippen LogP contribution in [0.5, 0.6) is 5.75 Å². The van der Waals surface area contributed by atoms with Crippen LogP contribution in [0.3, 0.4) is 0 Å². The van der Waals surface area contributed by atoms with E-state index in [0.717, 1.165) is 14.5 Å². The molecule has 0 aliphatic heterocycles. The Morgan fingerprint density at radius 2 is 1.80 bits per heavy atom. The van der Waals surface area contributed by atoms with Crippen molar-refractivity contribution in [2.75, 3.05) is 7.05 Å². The fourth-order valence-electron chi connectivity index (χ4n) is 1.82. The third-order valence-electron chi connectivity index (χ3n) is 2.86. The molecule has 0 spiro atoms. The SMILES string of the molecule is CN(Cc1ccc(O)cc1)C(=O)c1ccc(Br)cc1Br. The number of benzene rings is 2. The van der Waals surface area contributed by atoms with E-state index >= 15 is 0 Å². The third-order valence-corrected chi connectivity index (χ3v) is 4.01. The molecule has 2 rings (SSSR count). The van der Waals surface area contributed by atoms with Gasteiger partial charge in [0.15, 0.2) is 0 Å². The van der Waals surface area contributed by atoms with Crippen molar-refractivity contribution in [3.8, 4) is 5.75 Å². The zero-order valence-electron chi connectivity index (χ0n) is 10.8. The molecule has 2 aromatic carbocycles. The first-order chi connectivity index (χ1) is 9.47. The largest absolute Gasteiger partial charge is 0.508 e. The number of carbonyl (C=O) groups excluding carboxylic acids is 1. The molecule has 5 heteroatoms. The molecule has 3 nitrogen and oxygen atoms in total. The summed E-state index contributed by atoms with van der Waals surface area (Å²) in [4.78, 5) is 14.0. The summed E-state index contributed by atoms with van der Waals surface area (Å²) >= 11 is 6.76. The molecule has 0 aliphatic carbocycles. The second-order valence-electron chi connectivity index (χ2n) is 4.45. The van der Waals surface area contributed by atoms with Crippen molar-refractivity contribution in [2.24, 2.45) is 0 Å². The van der Waals surface area contributed by atoms with E-state index < -0.39 is 0 Å². The van der Waals surface area contributed by atoms with Crippen LogP contribution in [0.15, 0.2) is 51.4 Å². The fraction of sp³-hybridized carbons (Fsp3) is 0.133. The molecule has 0 aliphatic rings. The minimum Gasteiger partial charge on any atom is -0.508 e. The summed E-state index contributed by atoms with van der Waals surface area (Å²) < 4.78 is 1.68. The molecule has 0 atom stereocenters. The molecule has 0 heterocycles. The van der Waals surface area contributed by atoms with Crippen LogP contribution in [0.4, 0.5) is 0 Å². The van der Waals surface area contributed by atoms with E-state index in [4.69, 9.17) is 0 Å². The van der Waals surface area contributed by atoms with Gasteiger partial charge in [-0.2, -0.15) is 0 Å². The standard InChI is InChI=1S/C15H13Br2NO2/c1-18(9-10-2-5-12(19)6-3-10)15(20)13-7-4-11(16)8-14(13)17/h2-8,19H,9H2,1H3. The topological polar surface area (TPSA) is 40.5 Å². The van der Waals surface area contributed by atoms with Crippen molar-refractivity contribution in [1.29, 1.82) is 0 Å². The maximum atomic E-state index is 12.4. The van der Waals surface area contributed by atoms with Gasteiger partial charge in [0, 0.05) is 22.5 Å². The zero-order valence-corrected chi connectivity index (χ0v) is 14.0. The van der Waals surface area contributed by atoms with Crippen molar-refractivity contribution in [3.05, 3.63) is 62.5 Å². The molecule has 0 saturated carbocycles. The van der Waals surface area contributed by atoms with E-state index in [0.29, 0.717) is 12.1 Å². The van der Waals surface area contributed by atoms with Crippen LogP contribution in [0.1, 0.15) is 15.9 Å². The van der Waals surface area contributed by atoms with Crippen LogP contribution < -0.4 is 0 Å². The molecule has 104 valence electrons. The molecule has 0 unspecified atom stereocenters. The fourth-order valence-corrected chi connectivity index (χ4v) is 3.03. The molecule has 0 aromatic heterocycles. The summed E-state index contributed by atoms with van der Waals surface area (Å²) in [5, 5.41) is 9.25. The lowest BCUT2D eigenvalue weighted by molar-refractivity contribution is 0.0784. The number of hydrogen-bond acceptors (Lipinski definition) is 2. The van der Waals surface area contributed by atoms with E-state index in [2.05, 4.69) is 31.9 Å². The van der Waals surface area contributed by atoms with Gasteiger partial charge in [0.05, 0.1) is 5.56 Å². The number of amides is 1. The van der Waals surface area contributed by atoms with Crippen molar-refractivity contribution in [3.63, 3.8) is 0 Å². The Hall–Kier alpha value is -1.33. The number of carbonyl (C=O) groups is 1. The lowest BCUT2D eigenvalue weighted by Gasteiger charge is -2.18. The van der Waals surface area contributed by atoms with Gasteiger partial charge in [-0.3, -0.25) is 4.79 Å². The second-order valence-corrected chi connectivity index (χ2v) is 6.22. The highest BCUT2D eigenvalue weighted by Gasteiger charge is 2.15. The number of hydrogen-bond donors (Lipinski definition) is 1. The molecule has 1 amide bonds. The molecular weight excluding hydrogens is 386 g/mol. The first-order valence-corrected chi connectivity index (χ1v) is 7.54. The highest BCUT2D eigenvalue weighted by atomic mass is 79.9. The number of phenolic OH excluding ortho intramolecular Hbond substituents is 1. The normalized spacial score (nSPS) is 10.3. The number of phenols is 1. The van der Waals surface area contributed by atoms with Gasteiger partial charge < -0.3 is 10.0 Å². The third kappa shape index (κ3) is 3.61. The molecule has 0 fully saturated rings. The Morgan fingerprint density at radius 3 is 2.40 bits per heavy atom. The van der Waals surface area contributed by atoms with Gasteiger partial charge in [0.25, 0.3) is 5.91 Å². The van der Waals surface area contributed by atoms with Gasteiger partial charge >= 0.3 is 0 Å². The van der Waals surface area contributed by atoms with E-state index in [1.165, 1.54) is 0 Å². The molecular formula is C15H13Br2NO2. The number of rotatable bonds is 3. The minimum absolute atomic E-state index is 0.0579. The highest BCUT2D eigenvalue weighted by Crippen LogP contribution is 2.23. The second kappa shape index (κ2) is 6.41. The van der Waals surface area contributed by atoms with E-state index in [9.17, 15) is 9.90 Å². The molecule has 0 saturated heterocycles. The van der Waals surface area contributed by atoms with Gasteiger partial charge in [0.1, 0.15) is 5.75 Å². The average molecular weight is 399 g/mol. The first kappa shape index (κ1) is 15.1. The molecule has 0 radical (unpaired) electrons. The summed E-state index contributed by atoms with van der Waals surface area (Å²) in [6.07, 6.45) is 0. The Balaban J connectivity index is 2.14. The Labute approximate surface area is 134 Å². The Bertz CT molecular complexity index is 626. The highest BCUT2D eigenvalue weighted by molar-refractivity contribution is 9.11. The summed E-state index contributed by atoms with van der Waals surface area (Å²) in [6.45, 7) is 0.488. The number of halogens is 2. The van der Waals surface area contributed by atoms with Crippen LogP contribution in [-0.4, -0.2) is 23.0 Å². The smallest absolute Gasteiger partial charge is 0.255 e. The molecule has 2 aromatic rings. The van der Waals surface area contributed by atoms with Crippen molar-refractivity contribution >= 4 is 37.8 Å². The van der Waals surface area contributed by atoms with Gasteiger partial charge in [-0.1, -0.05) is 28.1 Å². The quantitative estimate of drug-likeness (QED) is 0.841. The van der Waals surface area contributed by atoms with Crippen LogP contribution >= 0.6 is 31.9 Å². The Morgan fingerprint density at radius 1 is 1.15 bits per heavy atom. The first-order valence-electron chi connectivity index (χ1n) is 5.96. The average Bonchev–Trinajstić information content (AvgIpc) is 2.40. The predicted octanol–water partition coefficient (Wildman–Crippen LogP) is 4.19. The lowest BCUT2D eigenvalue weighted by Crippen LogP contribution is -2.26. The van der Waals surface area contributed by atoms with E-state index in [1.807, 2.05) is 12.1 Å². The van der Waals surface area contributed by atoms with Gasteiger partial charge in [-0.05, 0) is 51.8 Å². The van der Waals surface area contributed by atoms with Crippen LogP contribution in [0, 0.1) is 0 Å². The monoisotopic (exact) mass is 397 g/mol. The van der Waals surface area contributed by atoms with Gasteiger partial charge in [-0.25, -0.2) is 0 Å². The Kier molecular flexibility index (Phi) is 4.83. The maximum Gasteiger partial charge on any atom is 0.255 e. The molecule has 1 N–H and O–H groups in total. The predicted molar refractivity (Wildman–Crippen MR) is 85.7 cm³/mol. The van der Waals surface area contributed by atoms with E-state index in [1.54, 1.807) is 42.3 Å². The van der Waals surface area contributed by atoms with Crippen LogP contribution in [-0.2, 0) is 6.54 Å². The summed E-state index contributed by atoms with van der Waals surface area (Å²) in [6, 6.07) is 12.3. The van der Waals surface area contributed by atoms with Crippen molar-refractivity contribution < 1.29 is 9.90 Å². The van der Waals surface area contributed by atoms with Gasteiger partial charge in [0.2, 0.25) is 0 Å². The van der Waals surface area contributed by atoms with Crippen LogP contribution in [0.2, 0.25) is 0 Å². The lowest BCUT2D eigenvalue weighted by atomic mass is 10.1.